The zero-order valence-corrected chi connectivity index (χ0v) is 20.3. The fraction of sp³-hybridized carbons (Fsp3) is 0.625. The van der Waals surface area contributed by atoms with Crippen molar-refractivity contribution in [1.29, 1.82) is 0 Å². The lowest BCUT2D eigenvalue weighted by Gasteiger charge is -2.32. The molecule has 2 aliphatic rings. The number of fused-ring (bicyclic) bond motifs is 1. The minimum Gasteiger partial charge on any atom is -0.493 e. The van der Waals surface area contributed by atoms with Crippen molar-refractivity contribution >= 4 is 28.6 Å². The Morgan fingerprint density at radius 2 is 1.83 bits per heavy atom. The monoisotopic (exact) mass is 493 g/mol. The van der Waals surface area contributed by atoms with Crippen molar-refractivity contribution < 1.29 is 27.8 Å². The van der Waals surface area contributed by atoms with Crippen LogP contribution in [0.2, 0.25) is 0 Å². The van der Waals surface area contributed by atoms with Crippen LogP contribution in [0.25, 0.3) is 10.9 Å². The first-order chi connectivity index (χ1) is 16.9. The largest absolute Gasteiger partial charge is 0.493 e. The third-order valence-electron chi connectivity index (χ3n) is 6.45. The summed E-state index contributed by atoms with van der Waals surface area (Å²) in [4.78, 5) is 25.1. The van der Waals surface area contributed by atoms with Gasteiger partial charge in [-0.05, 0) is 38.4 Å². The third-order valence-corrected chi connectivity index (χ3v) is 6.45. The van der Waals surface area contributed by atoms with Gasteiger partial charge < -0.3 is 29.3 Å². The molecule has 11 heteroatoms. The van der Waals surface area contributed by atoms with E-state index in [-0.39, 0.29) is 32.5 Å². The van der Waals surface area contributed by atoms with E-state index in [1.807, 2.05) is 0 Å². The molecule has 0 amide bonds. The Labute approximate surface area is 203 Å². The number of esters is 1. The summed E-state index contributed by atoms with van der Waals surface area (Å²) >= 11 is 0. The maximum Gasteiger partial charge on any atom is 0.325 e. The summed E-state index contributed by atoms with van der Waals surface area (Å²) in [6.07, 6.45) is 2.88. The molecule has 0 radical (unpaired) electrons. The number of nitrogens with one attached hydrogen (secondary N) is 1. The number of aromatic nitrogens is 2. The molecule has 2 aromatic rings. The molecule has 2 fully saturated rings. The number of rotatable bonds is 10. The lowest BCUT2D eigenvalue weighted by Crippen LogP contribution is -2.40. The molecule has 3 heterocycles. The molecule has 1 aromatic carbocycles. The van der Waals surface area contributed by atoms with Crippen LogP contribution in [0.1, 0.15) is 32.1 Å². The first kappa shape index (κ1) is 25.2. The molecule has 0 atom stereocenters. The van der Waals surface area contributed by atoms with Crippen LogP contribution in [0.3, 0.4) is 0 Å². The molecular formula is C24H33F2N5O4. The molecule has 2 aliphatic heterocycles. The van der Waals surface area contributed by atoms with Gasteiger partial charge in [-0.15, -0.1) is 0 Å². The van der Waals surface area contributed by atoms with Gasteiger partial charge >= 0.3 is 5.97 Å². The average Bonchev–Trinajstić information content (AvgIpc) is 3.37. The summed E-state index contributed by atoms with van der Waals surface area (Å²) in [6, 6.07) is 3.54. The minimum absolute atomic E-state index is 0.100. The fourth-order valence-electron chi connectivity index (χ4n) is 4.41. The summed E-state index contributed by atoms with van der Waals surface area (Å²) in [7, 11) is 2.86. The summed E-state index contributed by atoms with van der Waals surface area (Å²) in [5, 5.41) is 3.61. The van der Waals surface area contributed by atoms with Gasteiger partial charge in [-0.25, -0.2) is 13.8 Å². The molecule has 0 saturated carbocycles. The van der Waals surface area contributed by atoms with E-state index in [1.54, 1.807) is 24.1 Å². The first-order valence-corrected chi connectivity index (χ1v) is 12.1. The highest BCUT2D eigenvalue weighted by atomic mass is 19.3. The standard InChI is InChI=1S/C24H33F2N5O4/c1-33-19-14-17-18(15-20(19)35-13-5-10-30-8-3-4-9-30)28-23(29-22(17)27-16-21(32)34-2)31-11-6-24(25,26)7-12-31/h14-15H,3-13,16H2,1-2H3,(H,27,28,29). The Bertz CT molecular complexity index is 1020. The Morgan fingerprint density at radius 1 is 1.09 bits per heavy atom. The van der Waals surface area contributed by atoms with Gasteiger partial charge in [0.15, 0.2) is 11.5 Å². The number of nitrogens with zero attached hydrogens (tertiary/aromatic N) is 4. The molecule has 0 aliphatic carbocycles. The normalized spacial score (nSPS) is 18.0. The van der Waals surface area contributed by atoms with Crippen LogP contribution in [-0.2, 0) is 9.53 Å². The predicted octanol–water partition coefficient (Wildman–Crippen LogP) is 3.32. The van der Waals surface area contributed by atoms with Crippen LogP contribution in [-0.4, -0.2) is 86.9 Å². The van der Waals surface area contributed by atoms with Gasteiger partial charge in [0.05, 0.1) is 26.3 Å². The van der Waals surface area contributed by atoms with Crippen LogP contribution in [0.4, 0.5) is 20.5 Å². The maximum absolute atomic E-state index is 13.7. The molecule has 1 aromatic heterocycles. The van der Waals surface area contributed by atoms with Gasteiger partial charge in [-0.2, -0.15) is 4.98 Å². The Hall–Kier alpha value is -2.95. The van der Waals surface area contributed by atoms with E-state index >= 15 is 0 Å². The number of anilines is 2. The van der Waals surface area contributed by atoms with Gasteiger partial charge in [0, 0.05) is 43.9 Å². The number of alkyl halides is 2. The number of piperidine rings is 1. The van der Waals surface area contributed by atoms with Gasteiger partial charge in [0.25, 0.3) is 5.92 Å². The number of likely N-dealkylation sites (tertiary alicyclic amines) is 1. The number of methoxy groups -OCH3 is 2. The first-order valence-electron chi connectivity index (χ1n) is 12.1. The number of ether oxygens (including phenoxy) is 3. The average molecular weight is 494 g/mol. The smallest absolute Gasteiger partial charge is 0.325 e. The molecule has 0 unspecified atom stereocenters. The topological polar surface area (TPSA) is 89.0 Å². The van der Waals surface area contributed by atoms with E-state index < -0.39 is 11.9 Å². The number of benzene rings is 1. The Morgan fingerprint density at radius 3 is 2.51 bits per heavy atom. The van der Waals surface area contributed by atoms with Crippen molar-refractivity contribution in [2.45, 2.75) is 38.0 Å². The summed E-state index contributed by atoms with van der Waals surface area (Å²) in [5.41, 5.74) is 0.565. The second-order valence-electron chi connectivity index (χ2n) is 8.92. The molecule has 192 valence electrons. The quantitative estimate of drug-likeness (QED) is 0.395. The molecule has 4 rings (SSSR count). The lowest BCUT2D eigenvalue weighted by atomic mass is 10.1. The number of carbonyl (C=O) groups is 1. The van der Waals surface area contributed by atoms with E-state index in [0.717, 1.165) is 26.1 Å². The van der Waals surface area contributed by atoms with Crippen molar-refractivity contribution in [2.24, 2.45) is 0 Å². The molecule has 2 saturated heterocycles. The van der Waals surface area contributed by atoms with Gasteiger partial charge in [0.2, 0.25) is 5.95 Å². The molecule has 9 nitrogen and oxygen atoms in total. The summed E-state index contributed by atoms with van der Waals surface area (Å²) in [6.45, 7) is 3.99. The van der Waals surface area contributed by atoms with Crippen molar-refractivity contribution in [3.05, 3.63) is 12.1 Å². The third kappa shape index (κ3) is 6.39. The number of hydrogen-bond acceptors (Lipinski definition) is 9. The molecule has 0 spiro atoms. The van der Waals surface area contributed by atoms with Crippen LogP contribution in [0.15, 0.2) is 12.1 Å². The highest BCUT2D eigenvalue weighted by Crippen LogP contribution is 2.36. The van der Waals surface area contributed by atoms with Crippen molar-refractivity contribution in [3.8, 4) is 11.5 Å². The van der Waals surface area contributed by atoms with Crippen molar-refractivity contribution in [2.75, 3.05) is 70.3 Å². The summed E-state index contributed by atoms with van der Waals surface area (Å²) in [5.74, 6) is -1.34. The van der Waals surface area contributed by atoms with E-state index in [4.69, 9.17) is 14.2 Å². The molecule has 0 bridgehead atoms. The van der Waals surface area contributed by atoms with Gasteiger partial charge in [-0.3, -0.25) is 4.79 Å². The Balaban J connectivity index is 1.58. The minimum atomic E-state index is -2.68. The highest BCUT2D eigenvalue weighted by molar-refractivity contribution is 5.93. The molecular weight excluding hydrogens is 460 g/mol. The number of hydrogen-bond donors (Lipinski definition) is 1. The predicted molar refractivity (Wildman–Crippen MR) is 129 cm³/mol. The van der Waals surface area contributed by atoms with Crippen molar-refractivity contribution in [3.63, 3.8) is 0 Å². The lowest BCUT2D eigenvalue weighted by molar-refractivity contribution is -0.138. The Kier molecular flexibility index (Phi) is 8.04. The molecule has 1 N–H and O–H groups in total. The summed E-state index contributed by atoms with van der Waals surface area (Å²) < 4.78 is 43.7. The van der Waals surface area contributed by atoms with Gasteiger partial charge in [0.1, 0.15) is 12.4 Å². The second-order valence-corrected chi connectivity index (χ2v) is 8.92. The SMILES string of the molecule is COC(=O)CNc1nc(N2CCC(F)(F)CC2)nc2cc(OCCCN3CCCC3)c(OC)cc12. The van der Waals surface area contributed by atoms with Crippen molar-refractivity contribution in [1.82, 2.24) is 14.9 Å². The zero-order valence-electron chi connectivity index (χ0n) is 20.3. The van der Waals surface area contributed by atoms with Crippen LogP contribution >= 0.6 is 0 Å². The number of halogens is 2. The van der Waals surface area contributed by atoms with E-state index in [2.05, 4.69) is 20.2 Å². The van der Waals surface area contributed by atoms with Gasteiger partial charge in [-0.1, -0.05) is 0 Å². The highest BCUT2D eigenvalue weighted by Gasteiger charge is 2.35. The van der Waals surface area contributed by atoms with E-state index in [0.29, 0.717) is 40.8 Å². The van der Waals surface area contributed by atoms with E-state index in [9.17, 15) is 13.6 Å². The fourth-order valence-corrected chi connectivity index (χ4v) is 4.41. The molecule has 35 heavy (non-hydrogen) atoms. The van der Waals surface area contributed by atoms with Crippen LogP contribution in [0, 0.1) is 0 Å². The zero-order chi connectivity index (χ0) is 24.8. The van der Waals surface area contributed by atoms with Crippen LogP contribution in [0.5, 0.6) is 11.5 Å². The number of carbonyl (C=O) groups excluding carboxylic acids is 1. The second kappa shape index (κ2) is 11.2. The van der Waals surface area contributed by atoms with E-state index in [1.165, 1.54) is 20.0 Å². The maximum atomic E-state index is 13.7. The van der Waals surface area contributed by atoms with Crippen LogP contribution < -0.4 is 19.7 Å².